The number of hydrogen-bond acceptors (Lipinski definition) is 4. The standard InChI is InChI=1S/C13H28N2O2/c1-4-5-7-16-8-6-15-10-12(9-14)17-13(2,3)11-15/h12H,4-11,14H2,1-3H3. The Bertz CT molecular complexity index is 210. The van der Waals surface area contributed by atoms with Crippen LogP contribution in [0.1, 0.15) is 33.6 Å². The van der Waals surface area contributed by atoms with E-state index in [0.717, 1.165) is 39.3 Å². The van der Waals surface area contributed by atoms with Crippen LogP contribution in [0.15, 0.2) is 0 Å². The van der Waals surface area contributed by atoms with E-state index >= 15 is 0 Å². The van der Waals surface area contributed by atoms with Crippen molar-refractivity contribution in [2.75, 3.05) is 39.4 Å². The molecular weight excluding hydrogens is 216 g/mol. The van der Waals surface area contributed by atoms with Gasteiger partial charge in [-0.2, -0.15) is 0 Å². The number of morpholine rings is 1. The van der Waals surface area contributed by atoms with Crippen molar-refractivity contribution in [2.24, 2.45) is 5.73 Å². The van der Waals surface area contributed by atoms with E-state index in [9.17, 15) is 0 Å². The summed E-state index contributed by atoms with van der Waals surface area (Å²) in [5.41, 5.74) is 5.61. The first-order valence-electron chi connectivity index (χ1n) is 6.75. The largest absolute Gasteiger partial charge is 0.380 e. The molecule has 2 N–H and O–H groups in total. The van der Waals surface area contributed by atoms with Gasteiger partial charge in [0.1, 0.15) is 0 Å². The first-order chi connectivity index (χ1) is 8.07. The quantitative estimate of drug-likeness (QED) is 0.685. The Morgan fingerprint density at radius 3 is 2.82 bits per heavy atom. The van der Waals surface area contributed by atoms with Gasteiger partial charge in [0.25, 0.3) is 0 Å². The maximum atomic E-state index is 5.89. The van der Waals surface area contributed by atoms with Crippen LogP contribution in [0.5, 0.6) is 0 Å². The molecule has 17 heavy (non-hydrogen) atoms. The number of unbranched alkanes of at least 4 members (excludes halogenated alkanes) is 1. The summed E-state index contributed by atoms with van der Waals surface area (Å²) in [6.07, 6.45) is 2.51. The van der Waals surface area contributed by atoms with Gasteiger partial charge in [0.05, 0.1) is 18.3 Å². The lowest BCUT2D eigenvalue weighted by molar-refractivity contribution is -0.134. The molecule has 0 bridgehead atoms. The molecule has 4 heteroatoms. The summed E-state index contributed by atoms with van der Waals surface area (Å²) >= 11 is 0. The van der Waals surface area contributed by atoms with Crippen LogP contribution >= 0.6 is 0 Å². The zero-order valence-corrected chi connectivity index (χ0v) is 11.6. The van der Waals surface area contributed by atoms with E-state index < -0.39 is 0 Å². The highest BCUT2D eigenvalue weighted by Gasteiger charge is 2.32. The smallest absolute Gasteiger partial charge is 0.0831 e. The molecule has 0 aromatic carbocycles. The molecule has 102 valence electrons. The van der Waals surface area contributed by atoms with Gasteiger partial charge in [-0.1, -0.05) is 13.3 Å². The summed E-state index contributed by atoms with van der Waals surface area (Å²) in [6, 6.07) is 0. The highest BCUT2D eigenvalue weighted by atomic mass is 16.5. The Kier molecular flexibility index (Phi) is 6.41. The molecule has 1 aliphatic rings. The molecule has 0 radical (unpaired) electrons. The minimum absolute atomic E-state index is 0.0916. The van der Waals surface area contributed by atoms with E-state index in [1.54, 1.807) is 0 Å². The SMILES string of the molecule is CCCCOCCN1CC(CN)OC(C)(C)C1. The first kappa shape index (κ1) is 14.9. The van der Waals surface area contributed by atoms with Crippen molar-refractivity contribution in [3.05, 3.63) is 0 Å². The Morgan fingerprint density at radius 1 is 1.41 bits per heavy atom. The Morgan fingerprint density at radius 2 is 2.18 bits per heavy atom. The van der Waals surface area contributed by atoms with Gasteiger partial charge in [0.2, 0.25) is 0 Å². The summed E-state index contributed by atoms with van der Waals surface area (Å²) in [6.45, 7) is 11.6. The summed E-state index contributed by atoms with van der Waals surface area (Å²) < 4.78 is 11.5. The fourth-order valence-corrected chi connectivity index (χ4v) is 2.25. The molecule has 0 aromatic heterocycles. The topological polar surface area (TPSA) is 47.7 Å². The minimum Gasteiger partial charge on any atom is -0.380 e. The van der Waals surface area contributed by atoms with Crippen LogP contribution in [0.2, 0.25) is 0 Å². The molecule has 0 aliphatic carbocycles. The molecule has 4 nitrogen and oxygen atoms in total. The molecule has 1 unspecified atom stereocenters. The van der Waals surface area contributed by atoms with Crippen molar-refractivity contribution >= 4 is 0 Å². The van der Waals surface area contributed by atoms with Gasteiger partial charge >= 0.3 is 0 Å². The average Bonchev–Trinajstić information content (AvgIpc) is 2.26. The molecule has 1 saturated heterocycles. The minimum atomic E-state index is -0.0916. The fraction of sp³-hybridized carbons (Fsp3) is 1.00. The highest BCUT2D eigenvalue weighted by molar-refractivity contribution is 4.84. The number of ether oxygens (including phenoxy) is 2. The van der Waals surface area contributed by atoms with Crippen LogP contribution in [0.4, 0.5) is 0 Å². The zero-order chi connectivity index (χ0) is 12.7. The van der Waals surface area contributed by atoms with Crippen molar-refractivity contribution in [2.45, 2.75) is 45.3 Å². The maximum Gasteiger partial charge on any atom is 0.0831 e. The third kappa shape index (κ3) is 5.82. The summed E-state index contributed by atoms with van der Waals surface area (Å²) in [7, 11) is 0. The third-order valence-corrected chi connectivity index (χ3v) is 3.01. The Hall–Kier alpha value is -0.160. The lowest BCUT2D eigenvalue weighted by Crippen LogP contribution is -2.55. The van der Waals surface area contributed by atoms with Crippen LogP contribution in [0.25, 0.3) is 0 Å². The third-order valence-electron chi connectivity index (χ3n) is 3.01. The molecule has 0 aromatic rings. The number of rotatable bonds is 7. The fourth-order valence-electron chi connectivity index (χ4n) is 2.25. The number of hydrogen-bond donors (Lipinski definition) is 1. The molecular formula is C13H28N2O2. The van der Waals surface area contributed by atoms with E-state index in [4.69, 9.17) is 15.2 Å². The van der Waals surface area contributed by atoms with Crippen molar-refractivity contribution in [3.63, 3.8) is 0 Å². The van der Waals surface area contributed by atoms with Crippen LogP contribution in [-0.4, -0.2) is 56.0 Å². The van der Waals surface area contributed by atoms with Gasteiger partial charge in [-0.05, 0) is 20.3 Å². The van der Waals surface area contributed by atoms with Gasteiger partial charge < -0.3 is 15.2 Å². The molecule has 1 fully saturated rings. The summed E-state index contributed by atoms with van der Waals surface area (Å²) in [5, 5.41) is 0. The van der Waals surface area contributed by atoms with E-state index in [2.05, 4.69) is 25.7 Å². The van der Waals surface area contributed by atoms with Gasteiger partial charge in [-0.3, -0.25) is 4.90 Å². The Labute approximate surface area is 105 Å². The van der Waals surface area contributed by atoms with Gasteiger partial charge in [-0.25, -0.2) is 0 Å². The van der Waals surface area contributed by atoms with E-state index in [-0.39, 0.29) is 11.7 Å². The van der Waals surface area contributed by atoms with Gasteiger partial charge in [0.15, 0.2) is 0 Å². The molecule has 1 rings (SSSR count). The van der Waals surface area contributed by atoms with Crippen LogP contribution in [0.3, 0.4) is 0 Å². The van der Waals surface area contributed by atoms with Gasteiger partial charge in [0, 0.05) is 32.8 Å². The van der Waals surface area contributed by atoms with E-state index in [0.29, 0.717) is 6.54 Å². The lowest BCUT2D eigenvalue weighted by Gasteiger charge is -2.42. The Balaban J connectivity index is 2.23. The van der Waals surface area contributed by atoms with E-state index in [1.165, 1.54) is 6.42 Å². The molecule has 0 saturated carbocycles. The second-order valence-electron chi connectivity index (χ2n) is 5.44. The predicted molar refractivity (Wildman–Crippen MR) is 70.2 cm³/mol. The highest BCUT2D eigenvalue weighted by Crippen LogP contribution is 2.20. The van der Waals surface area contributed by atoms with Crippen LogP contribution < -0.4 is 5.73 Å². The maximum absolute atomic E-state index is 5.89. The van der Waals surface area contributed by atoms with Crippen molar-refractivity contribution in [1.82, 2.24) is 4.90 Å². The van der Waals surface area contributed by atoms with Gasteiger partial charge in [-0.15, -0.1) is 0 Å². The summed E-state index contributed by atoms with van der Waals surface area (Å²) in [4.78, 5) is 2.40. The van der Waals surface area contributed by atoms with Crippen molar-refractivity contribution < 1.29 is 9.47 Å². The number of nitrogens with two attached hydrogens (primary N) is 1. The van der Waals surface area contributed by atoms with Crippen LogP contribution in [0, 0.1) is 0 Å². The van der Waals surface area contributed by atoms with Crippen molar-refractivity contribution in [1.29, 1.82) is 0 Å². The normalized spacial score (nSPS) is 25.1. The molecule has 0 spiro atoms. The lowest BCUT2D eigenvalue weighted by atomic mass is 10.1. The second kappa shape index (κ2) is 7.31. The second-order valence-corrected chi connectivity index (χ2v) is 5.44. The first-order valence-corrected chi connectivity index (χ1v) is 6.75. The summed E-state index contributed by atoms with van der Waals surface area (Å²) in [5.74, 6) is 0. The average molecular weight is 244 g/mol. The predicted octanol–water partition coefficient (Wildman–Crippen LogP) is 1.24. The van der Waals surface area contributed by atoms with Crippen molar-refractivity contribution in [3.8, 4) is 0 Å². The molecule has 1 atom stereocenters. The molecule has 0 amide bonds. The molecule has 1 heterocycles. The van der Waals surface area contributed by atoms with Crippen LogP contribution in [-0.2, 0) is 9.47 Å². The number of nitrogens with zero attached hydrogens (tertiary/aromatic N) is 1. The molecule has 1 aliphatic heterocycles. The zero-order valence-electron chi connectivity index (χ0n) is 11.6. The van der Waals surface area contributed by atoms with E-state index in [1.807, 2.05) is 0 Å². The monoisotopic (exact) mass is 244 g/mol.